The van der Waals surface area contributed by atoms with Crippen LogP contribution in [0.5, 0.6) is 5.75 Å². The predicted octanol–water partition coefficient (Wildman–Crippen LogP) is 4.32. The highest BCUT2D eigenvalue weighted by Gasteiger charge is 2.32. The van der Waals surface area contributed by atoms with Crippen molar-refractivity contribution in [2.24, 2.45) is 4.99 Å². The number of nitrogens with one attached hydrogen (secondary N) is 1. The number of methoxy groups -OCH3 is 1. The number of anilines is 2. The maximum Gasteiger partial charge on any atom is 0.271 e. The van der Waals surface area contributed by atoms with Crippen molar-refractivity contribution in [2.45, 2.75) is 26.8 Å². The third-order valence-electron chi connectivity index (χ3n) is 6.67. The summed E-state index contributed by atoms with van der Waals surface area (Å²) in [5, 5.41) is 2.96. The standard InChI is InChI=1S/C30H30N4O4S/c1-5-33(6-2)25-16-15-23(38-25)18-24-29(36)34-27(20-11-10-14-22(17-20)37-4)26(19(3)31-30(34)39-24)28(35)32-21-12-8-7-9-13-21/h7-18,27H,5-6H2,1-4H3,(H,32,35)/b24-18-/t27-/m0/s1. The Morgan fingerprint density at radius 1 is 1.13 bits per heavy atom. The predicted molar refractivity (Wildman–Crippen MR) is 154 cm³/mol. The van der Waals surface area contributed by atoms with Crippen LogP contribution < -0.4 is 29.8 Å². The first kappa shape index (κ1) is 26.2. The molecule has 5 rings (SSSR count). The fourth-order valence-corrected chi connectivity index (χ4v) is 5.74. The number of hydrogen-bond acceptors (Lipinski definition) is 7. The second-order valence-electron chi connectivity index (χ2n) is 9.03. The van der Waals surface area contributed by atoms with Crippen molar-refractivity contribution in [2.75, 3.05) is 30.4 Å². The number of benzene rings is 2. The van der Waals surface area contributed by atoms with Crippen LogP contribution in [-0.4, -0.2) is 30.7 Å². The Morgan fingerprint density at radius 3 is 2.62 bits per heavy atom. The van der Waals surface area contributed by atoms with Crippen molar-refractivity contribution in [3.63, 3.8) is 0 Å². The van der Waals surface area contributed by atoms with Crippen LogP contribution in [0.25, 0.3) is 6.08 Å². The van der Waals surface area contributed by atoms with Crippen molar-refractivity contribution < 1.29 is 13.9 Å². The number of aromatic nitrogens is 1. The summed E-state index contributed by atoms with van der Waals surface area (Å²) >= 11 is 1.27. The molecule has 0 bridgehead atoms. The average Bonchev–Trinajstić information content (AvgIpc) is 3.53. The Morgan fingerprint density at radius 2 is 1.90 bits per heavy atom. The SMILES string of the molecule is CCN(CC)c1ccc(/C=c2\sc3n(c2=O)[C@@H](c2cccc(OC)c2)C(C(=O)Nc2ccccc2)=C(C)N=3)o1. The minimum absolute atomic E-state index is 0.245. The summed E-state index contributed by atoms with van der Waals surface area (Å²) in [5.41, 5.74) is 2.10. The van der Waals surface area contributed by atoms with E-state index >= 15 is 0 Å². The lowest BCUT2D eigenvalue weighted by atomic mass is 9.95. The number of ether oxygens (including phenoxy) is 1. The van der Waals surface area contributed by atoms with Crippen LogP contribution in [0, 0.1) is 0 Å². The van der Waals surface area contributed by atoms with E-state index < -0.39 is 6.04 Å². The third-order valence-corrected chi connectivity index (χ3v) is 7.65. The van der Waals surface area contributed by atoms with Crippen LogP contribution in [0.2, 0.25) is 0 Å². The molecule has 0 unspecified atom stereocenters. The number of allylic oxidation sites excluding steroid dienone is 1. The first-order valence-electron chi connectivity index (χ1n) is 12.8. The van der Waals surface area contributed by atoms with Gasteiger partial charge >= 0.3 is 0 Å². The smallest absolute Gasteiger partial charge is 0.271 e. The summed E-state index contributed by atoms with van der Waals surface area (Å²) in [7, 11) is 1.59. The molecule has 0 fully saturated rings. The van der Waals surface area contributed by atoms with E-state index in [9.17, 15) is 9.59 Å². The topological polar surface area (TPSA) is 89.1 Å². The van der Waals surface area contributed by atoms with Gasteiger partial charge in [0.1, 0.15) is 11.5 Å². The monoisotopic (exact) mass is 542 g/mol. The Bertz CT molecular complexity index is 1710. The zero-order valence-electron chi connectivity index (χ0n) is 22.3. The van der Waals surface area contributed by atoms with Gasteiger partial charge in [-0.2, -0.15) is 0 Å². The molecule has 2 aromatic heterocycles. The van der Waals surface area contributed by atoms with Gasteiger partial charge in [-0.25, -0.2) is 4.99 Å². The number of carbonyl (C=O) groups is 1. The minimum Gasteiger partial charge on any atom is -0.497 e. The van der Waals surface area contributed by atoms with E-state index in [1.807, 2.05) is 66.7 Å². The fourth-order valence-electron chi connectivity index (χ4n) is 4.71. The van der Waals surface area contributed by atoms with Gasteiger partial charge in [-0.3, -0.25) is 14.2 Å². The van der Waals surface area contributed by atoms with Crippen LogP contribution >= 0.6 is 11.3 Å². The van der Waals surface area contributed by atoms with Crippen molar-refractivity contribution in [1.82, 2.24) is 4.57 Å². The number of carbonyl (C=O) groups excluding carboxylic acids is 1. The molecule has 4 aromatic rings. The molecule has 1 aliphatic heterocycles. The molecule has 8 nitrogen and oxygen atoms in total. The molecule has 0 aliphatic carbocycles. The third kappa shape index (κ3) is 5.18. The maximum atomic E-state index is 13.9. The molecule has 2 aromatic carbocycles. The Hall–Kier alpha value is -4.37. The van der Waals surface area contributed by atoms with E-state index in [2.05, 4.69) is 24.1 Å². The normalized spacial score (nSPS) is 15.1. The molecular formula is C30H30N4O4S. The second-order valence-corrected chi connectivity index (χ2v) is 10.0. The van der Waals surface area contributed by atoms with Gasteiger partial charge in [0.15, 0.2) is 10.7 Å². The Kier molecular flexibility index (Phi) is 7.51. The number of hydrogen-bond donors (Lipinski definition) is 1. The molecule has 0 radical (unpaired) electrons. The summed E-state index contributed by atoms with van der Waals surface area (Å²) < 4.78 is 13.5. The van der Waals surface area contributed by atoms with Gasteiger partial charge in [-0.1, -0.05) is 41.7 Å². The summed E-state index contributed by atoms with van der Waals surface area (Å²) in [4.78, 5) is 34.9. The van der Waals surface area contributed by atoms with E-state index in [4.69, 9.17) is 14.1 Å². The van der Waals surface area contributed by atoms with E-state index in [0.717, 1.165) is 24.5 Å². The second kappa shape index (κ2) is 11.2. The van der Waals surface area contributed by atoms with Gasteiger partial charge in [-0.15, -0.1) is 0 Å². The van der Waals surface area contributed by atoms with E-state index in [1.54, 1.807) is 24.7 Å². The van der Waals surface area contributed by atoms with Gasteiger partial charge in [0.05, 0.1) is 29.0 Å². The highest BCUT2D eigenvalue weighted by atomic mass is 32.1. The summed E-state index contributed by atoms with van der Waals surface area (Å²) in [6.07, 6.45) is 1.74. The molecule has 0 spiro atoms. The van der Waals surface area contributed by atoms with Crippen LogP contribution in [-0.2, 0) is 4.79 Å². The van der Waals surface area contributed by atoms with Gasteiger partial charge < -0.3 is 19.4 Å². The summed E-state index contributed by atoms with van der Waals surface area (Å²) in [6, 6.07) is 19.7. The average molecular weight is 543 g/mol. The molecule has 200 valence electrons. The molecular weight excluding hydrogens is 512 g/mol. The van der Waals surface area contributed by atoms with Crippen molar-refractivity contribution in [3.05, 3.63) is 109 Å². The zero-order chi connectivity index (χ0) is 27.5. The summed E-state index contributed by atoms with van der Waals surface area (Å²) in [5.74, 6) is 1.65. The number of para-hydroxylation sites is 1. The minimum atomic E-state index is -0.690. The fraction of sp³-hybridized carbons (Fsp3) is 0.233. The molecule has 1 amide bonds. The van der Waals surface area contributed by atoms with Crippen molar-refractivity contribution in [3.8, 4) is 5.75 Å². The lowest BCUT2D eigenvalue weighted by Crippen LogP contribution is -2.40. The molecule has 3 heterocycles. The van der Waals surface area contributed by atoms with Crippen LogP contribution in [0.15, 0.2) is 92.2 Å². The number of thiazole rings is 1. The number of fused-ring (bicyclic) bond motifs is 1. The number of furan rings is 1. The first-order valence-corrected chi connectivity index (χ1v) is 13.6. The number of rotatable bonds is 8. The first-order chi connectivity index (χ1) is 18.9. The molecule has 39 heavy (non-hydrogen) atoms. The van der Waals surface area contributed by atoms with Crippen molar-refractivity contribution >= 4 is 34.9 Å². The van der Waals surface area contributed by atoms with Crippen molar-refractivity contribution in [1.29, 1.82) is 0 Å². The molecule has 1 atom stereocenters. The summed E-state index contributed by atoms with van der Waals surface area (Å²) in [6.45, 7) is 7.57. The van der Waals surface area contributed by atoms with Gasteiger partial charge in [-0.05, 0) is 56.7 Å². The lowest BCUT2D eigenvalue weighted by Gasteiger charge is -2.25. The number of amides is 1. The van der Waals surface area contributed by atoms with Crippen LogP contribution in [0.3, 0.4) is 0 Å². The largest absolute Gasteiger partial charge is 0.497 e. The van der Waals surface area contributed by atoms with Gasteiger partial charge in [0.25, 0.3) is 11.5 Å². The highest BCUT2D eigenvalue weighted by Crippen LogP contribution is 2.32. The van der Waals surface area contributed by atoms with E-state index in [1.165, 1.54) is 11.3 Å². The number of nitrogens with zero attached hydrogens (tertiary/aromatic N) is 3. The van der Waals surface area contributed by atoms with Gasteiger partial charge in [0, 0.05) is 30.9 Å². The van der Waals surface area contributed by atoms with Crippen LogP contribution in [0.4, 0.5) is 11.6 Å². The Labute approximate surface area is 230 Å². The highest BCUT2D eigenvalue weighted by molar-refractivity contribution is 7.07. The van der Waals surface area contributed by atoms with Gasteiger partial charge in [0.2, 0.25) is 0 Å². The van der Waals surface area contributed by atoms with Crippen LogP contribution in [0.1, 0.15) is 38.1 Å². The maximum absolute atomic E-state index is 13.9. The quantitative estimate of drug-likeness (QED) is 0.358. The Balaban J connectivity index is 1.64. The van der Waals surface area contributed by atoms with E-state index in [-0.39, 0.29) is 11.5 Å². The van der Waals surface area contributed by atoms with E-state index in [0.29, 0.717) is 37.8 Å². The molecule has 1 aliphatic rings. The lowest BCUT2D eigenvalue weighted by molar-refractivity contribution is -0.113. The molecule has 0 saturated carbocycles. The zero-order valence-corrected chi connectivity index (χ0v) is 23.1. The molecule has 1 N–H and O–H groups in total. The molecule has 9 heteroatoms. The molecule has 0 saturated heterocycles.